The van der Waals surface area contributed by atoms with Crippen LogP contribution >= 0.6 is 11.3 Å². The first-order valence-corrected chi connectivity index (χ1v) is 10.9. The van der Waals surface area contributed by atoms with Gasteiger partial charge < -0.3 is 10.2 Å². The number of piperidine rings is 1. The number of aryl methyl sites for hydroxylation is 2. The van der Waals surface area contributed by atoms with Gasteiger partial charge in [0.2, 0.25) is 16.0 Å². The van der Waals surface area contributed by atoms with Gasteiger partial charge >= 0.3 is 0 Å². The van der Waals surface area contributed by atoms with Crippen LogP contribution in [0.15, 0.2) is 41.2 Å². The summed E-state index contributed by atoms with van der Waals surface area (Å²) in [5.74, 6) is 0.191. The Morgan fingerprint density at radius 2 is 2.00 bits per heavy atom. The standard InChI is InChI=1S/C21H25N5O2S/c1-15-14-18(27)26-20(23-15)29-21(24-26)25-12-9-17(10-13-25)19(28)22-11-5-8-16-6-3-2-4-7-16/h2-4,6-7,14,17H,5,8-13H2,1H3,(H,22,28). The molecule has 0 bridgehead atoms. The van der Waals surface area contributed by atoms with Crippen LogP contribution in [0, 0.1) is 12.8 Å². The molecule has 29 heavy (non-hydrogen) atoms. The zero-order chi connectivity index (χ0) is 20.2. The Morgan fingerprint density at radius 3 is 2.76 bits per heavy atom. The summed E-state index contributed by atoms with van der Waals surface area (Å²) in [4.78, 5) is 31.7. The van der Waals surface area contributed by atoms with E-state index in [1.54, 1.807) is 0 Å². The number of anilines is 1. The Bertz CT molecular complexity index is 1040. The molecule has 1 amide bonds. The highest BCUT2D eigenvalue weighted by atomic mass is 32.1. The molecule has 0 atom stereocenters. The third-order valence-electron chi connectivity index (χ3n) is 5.28. The molecule has 152 valence electrons. The smallest absolute Gasteiger partial charge is 0.275 e. The van der Waals surface area contributed by atoms with Crippen LogP contribution in [-0.4, -0.2) is 40.1 Å². The molecular weight excluding hydrogens is 386 g/mol. The topological polar surface area (TPSA) is 79.6 Å². The van der Waals surface area contributed by atoms with Crippen molar-refractivity contribution in [3.63, 3.8) is 0 Å². The lowest BCUT2D eigenvalue weighted by atomic mass is 9.96. The van der Waals surface area contributed by atoms with Gasteiger partial charge in [0.25, 0.3) is 5.56 Å². The van der Waals surface area contributed by atoms with Crippen LogP contribution in [0.3, 0.4) is 0 Å². The summed E-state index contributed by atoms with van der Waals surface area (Å²) in [6, 6.07) is 11.8. The van der Waals surface area contributed by atoms with Crippen LogP contribution in [0.2, 0.25) is 0 Å². The van der Waals surface area contributed by atoms with Gasteiger partial charge in [-0.15, -0.1) is 5.10 Å². The van der Waals surface area contributed by atoms with Crippen molar-refractivity contribution in [2.45, 2.75) is 32.6 Å². The highest BCUT2D eigenvalue weighted by Gasteiger charge is 2.26. The molecule has 1 N–H and O–H groups in total. The van der Waals surface area contributed by atoms with E-state index >= 15 is 0 Å². The maximum atomic E-state index is 12.5. The number of hydrogen-bond donors (Lipinski definition) is 1. The SMILES string of the molecule is Cc1cc(=O)n2nc(N3CCC(C(=O)NCCCc4ccccc4)CC3)sc2n1. The summed E-state index contributed by atoms with van der Waals surface area (Å²) in [5.41, 5.74) is 1.85. The first-order chi connectivity index (χ1) is 14.1. The Labute approximate surface area is 173 Å². The summed E-state index contributed by atoms with van der Waals surface area (Å²) in [6.07, 6.45) is 3.51. The lowest BCUT2D eigenvalue weighted by molar-refractivity contribution is -0.125. The van der Waals surface area contributed by atoms with Crippen molar-refractivity contribution in [3.05, 3.63) is 58.0 Å². The van der Waals surface area contributed by atoms with Crippen molar-refractivity contribution in [1.82, 2.24) is 19.9 Å². The molecule has 1 aliphatic rings. The van der Waals surface area contributed by atoms with Gasteiger partial charge in [0.15, 0.2) is 0 Å². The molecule has 3 aromatic rings. The fourth-order valence-electron chi connectivity index (χ4n) is 3.66. The lowest BCUT2D eigenvalue weighted by Crippen LogP contribution is -2.41. The van der Waals surface area contributed by atoms with Gasteiger partial charge in [-0.3, -0.25) is 9.59 Å². The van der Waals surface area contributed by atoms with E-state index in [1.165, 1.54) is 27.5 Å². The first-order valence-electron chi connectivity index (χ1n) is 10.0. The van der Waals surface area contributed by atoms with Gasteiger partial charge in [0.05, 0.1) is 0 Å². The van der Waals surface area contributed by atoms with Gasteiger partial charge in [-0.1, -0.05) is 41.7 Å². The summed E-state index contributed by atoms with van der Waals surface area (Å²) in [5, 5.41) is 8.30. The second-order valence-corrected chi connectivity index (χ2v) is 8.39. The molecule has 1 fully saturated rings. The molecule has 1 aliphatic heterocycles. The van der Waals surface area contributed by atoms with E-state index < -0.39 is 0 Å². The zero-order valence-electron chi connectivity index (χ0n) is 16.5. The van der Waals surface area contributed by atoms with Gasteiger partial charge in [0.1, 0.15) is 0 Å². The number of nitrogens with zero attached hydrogens (tertiary/aromatic N) is 4. The minimum absolute atomic E-state index is 0.0421. The molecule has 0 spiro atoms. The van der Waals surface area contributed by atoms with E-state index in [0.29, 0.717) is 17.2 Å². The van der Waals surface area contributed by atoms with Crippen molar-refractivity contribution in [2.75, 3.05) is 24.5 Å². The molecule has 3 heterocycles. The molecule has 0 radical (unpaired) electrons. The molecule has 4 rings (SSSR count). The maximum Gasteiger partial charge on any atom is 0.275 e. The van der Waals surface area contributed by atoms with Crippen molar-refractivity contribution >= 4 is 27.3 Å². The Morgan fingerprint density at radius 1 is 1.24 bits per heavy atom. The number of fused-ring (bicyclic) bond motifs is 1. The van der Waals surface area contributed by atoms with Crippen LogP contribution in [0.4, 0.5) is 5.13 Å². The molecule has 8 heteroatoms. The Balaban J connectivity index is 1.26. The highest BCUT2D eigenvalue weighted by molar-refractivity contribution is 7.20. The van der Waals surface area contributed by atoms with E-state index in [0.717, 1.165) is 43.9 Å². The number of carbonyl (C=O) groups is 1. The largest absolute Gasteiger partial charge is 0.356 e. The molecule has 0 saturated carbocycles. The Hall–Kier alpha value is -2.74. The summed E-state index contributed by atoms with van der Waals surface area (Å²) >= 11 is 1.42. The molecule has 0 aliphatic carbocycles. The van der Waals surface area contributed by atoms with Gasteiger partial charge in [0, 0.05) is 37.3 Å². The van der Waals surface area contributed by atoms with E-state index in [2.05, 4.69) is 32.4 Å². The Kier molecular flexibility index (Phi) is 5.89. The minimum Gasteiger partial charge on any atom is -0.356 e. The molecule has 1 aromatic carbocycles. The lowest BCUT2D eigenvalue weighted by Gasteiger charge is -2.30. The fraction of sp³-hybridized carbons (Fsp3) is 0.429. The quantitative estimate of drug-likeness (QED) is 0.630. The molecule has 0 unspecified atom stereocenters. The van der Waals surface area contributed by atoms with E-state index in [4.69, 9.17) is 0 Å². The van der Waals surface area contributed by atoms with Gasteiger partial charge in [-0.2, -0.15) is 4.52 Å². The van der Waals surface area contributed by atoms with Crippen LogP contribution < -0.4 is 15.8 Å². The van der Waals surface area contributed by atoms with E-state index in [9.17, 15) is 9.59 Å². The van der Waals surface area contributed by atoms with Crippen LogP contribution in [0.1, 0.15) is 30.5 Å². The maximum absolute atomic E-state index is 12.5. The zero-order valence-corrected chi connectivity index (χ0v) is 17.3. The second-order valence-electron chi connectivity index (χ2n) is 7.46. The minimum atomic E-state index is -0.153. The number of aromatic nitrogens is 3. The van der Waals surface area contributed by atoms with Crippen LogP contribution in [-0.2, 0) is 11.2 Å². The highest BCUT2D eigenvalue weighted by Crippen LogP contribution is 2.26. The monoisotopic (exact) mass is 411 g/mol. The van der Waals surface area contributed by atoms with Crippen molar-refractivity contribution < 1.29 is 4.79 Å². The number of hydrogen-bond acceptors (Lipinski definition) is 6. The molecule has 2 aromatic heterocycles. The fourth-order valence-corrected chi connectivity index (χ4v) is 4.67. The summed E-state index contributed by atoms with van der Waals surface area (Å²) in [6.45, 7) is 4.04. The first kappa shape index (κ1) is 19.6. The van der Waals surface area contributed by atoms with E-state index in [-0.39, 0.29) is 17.4 Å². The summed E-state index contributed by atoms with van der Waals surface area (Å²) in [7, 11) is 0. The van der Waals surface area contributed by atoms with Crippen molar-refractivity contribution in [1.29, 1.82) is 0 Å². The third kappa shape index (κ3) is 4.64. The van der Waals surface area contributed by atoms with E-state index in [1.807, 2.05) is 25.1 Å². The predicted octanol–water partition coefficient (Wildman–Crippen LogP) is 2.42. The average Bonchev–Trinajstić information content (AvgIpc) is 3.16. The van der Waals surface area contributed by atoms with Crippen LogP contribution in [0.5, 0.6) is 0 Å². The molecule has 7 nitrogen and oxygen atoms in total. The summed E-state index contributed by atoms with van der Waals surface area (Å²) < 4.78 is 1.36. The molecular formula is C21H25N5O2S. The van der Waals surface area contributed by atoms with Crippen molar-refractivity contribution in [3.8, 4) is 0 Å². The third-order valence-corrected chi connectivity index (χ3v) is 6.25. The van der Waals surface area contributed by atoms with Crippen molar-refractivity contribution in [2.24, 2.45) is 5.92 Å². The number of amides is 1. The number of carbonyl (C=O) groups excluding carboxylic acids is 1. The number of benzene rings is 1. The molecule has 1 saturated heterocycles. The van der Waals surface area contributed by atoms with Crippen LogP contribution in [0.25, 0.3) is 4.96 Å². The second kappa shape index (κ2) is 8.73. The number of nitrogens with one attached hydrogen (secondary N) is 1. The number of rotatable bonds is 6. The van der Waals surface area contributed by atoms with Gasteiger partial charge in [-0.25, -0.2) is 4.98 Å². The predicted molar refractivity (Wildman–Crippen MR) is 115 cm³/mol. The van der Waals surface area contributed by atoms with Gasteiger partial charge in [-0.05, 0) is 38.2 Å². The normalized spacial score (nSPS) is 15.0. The average molecular weight is 412 g/mol.